The summed E-state index contributed by atoms with van der Waals surface area (Å²) in [7, 11) is 0. The molecule has 5 heteroatoms. The van der Waals surface area contributed by atoms with Crippen LogP contribution in [0.3, 0.4) is 0 Å². The van der Waals surface area contributed by atoms with Gasteiger partial charge in [-0.15, -0.1) is 0 Å². The zero-order chi connectivity index (χ0) is 14.5. The van der Waals surface area contributed by atoms with Crippen molar-refractivity contribution in [1.82, 2.24) is 0 Å². The first-order valence-electron chi connectivity index (χ1n) is 6.66. The first-order chi connectivity index (χ1) is 9.63. The number of hydrogen-bond donors (Lipinski definition) is 2. The second-order valence-electron chi connectivity index (χ2n) is 4.98. The summed E-state index contributed by atoms with van der Waals surface area (Å²) in [5.41, 5.74) is 0.818. The van der Waals surface area contributed by atoms with Crippen LogP contribution in [0.25, 0.3) is 0 Å². The van der Waals surface area contributed by atoms with Crippen molar-refractivity contribution in [2.75, 3.05) is 5.32 Å². The number of amides is 1. The molecule has 1 saturated carbocycles. The number of anilines is 1. The highest BCUT2D eigenvalue weighted by molar-refractivity contribution is 5.96. The fourth-order valence-electron chi connectivity index (χ4n) is 2.66. The summed E-state index contributed by atoms with van der Waals surface area (Å²) in [6, 6.07) is 8.72. The van der Waals surface area contributed by atoms with Crippen LogP contribution < -0.4 is 5.32 Å². The highest BCUT2D eigenvalue weighted by atomic mass is 16.4. The number of carbonyl (C=O) groups excluding carboxylic acids is 1. The molecule has 0 aromatic heterocycles. The van der Waals surface area contributed by atoms with E-state index in [1.165, 1.54) is 0 Å². The van der Waals surface area contributed by atoms with Gasteiger partial charge in [0, 0.05) is 0 Å². The van der Waals surface area contributed by atoms with Gasteiger partial charge in [-0.05, 0) is 25.0 Å². The number of benzene rings is 1. The monoisotopic (exact) mass is 272 g/mol. The highest BCUT2D eigenvalue weighted by Crippen LogP contribution is 2.31. The van der Waals surface area contributed by atoms with Crippen LogP contribution in [0.1, 0.15) is 31.2 Å². The molecule has 2 atom stereocenters. The van der Waals surface area contributed by atoms with E-state index in [-0.39, 0.29) is 5.91 Å². The molecule has 1 aromatic rings. The minimum absolute atomic E-state index is 0.306. The van der Waals surface area contributed by atoms with E-state index in [1.54, 1.807) is 24.3 Å². The normalized spacial score (nSPS) is 21.8. The Bertz CT molecular complexity index is 562. The summed E-state index contributed by atoms with van der Waals surface area (Å²) in [5, 5.41) is 20.9. The van der Waals surface area contributed by atoms with Gasteiger partial charge in [-0.2, -0.15) is 5.26 Å². The van der Waals surface area contributed by atoms with Gasteiger partial charge in [-0.1, -0.05) is 25.0 Å². The molecule has 0 aliphatic heterocycles. The van der Waals surface area contributed by atoms with E-state index in [9.17, 15) is 14.7 Å². The Morgan fingerprint density at radius 1 is 1.20 bits per heavy atom. The molecule has 1 aliphatic carbocycles. The highest BCUT2D eigenvalue weighted by Gasteiger charge is 2.35. The molecule has 0 radical (unpaired) electrons. The minimum atomic E-state index is -0.918. The summed E-state index contributed by atoms with van der Waals surface area (Å²) >= 11 is 0. The predicted octanol–water partition coefficient (Wildman–Crippen LogP) is 2.39. The number of carbonyl (C=O) groups is 2. The van der Waals surface area contributed by atoms with Crippen LogP contribution >= 0.6 is 0 Å². The second kappa shape index (κ2) is 6.20. The maximum absolute atomic E-state index is 12.3. The van der Waals surface area contributed by atoms with E-state index in [4.69, 9.17) is 5.26 Å². The number of nitrogens with zero attached hydrogens (tertiary/aromatic N) is 1. The average molecular weight is 272 g/mol. The van der Waals surface area contributed by atoms with Crippen LogP contribution in [0, 0.1) is 23.2 Å². The average Bonchev–Trinajstić information content (AvgIpc) is 2.47. The summed E-state index contributed by atoms with van der Waals surface area (Å²) in [5.74, 6) is -2.37. The molecule has 1 aromatic carbocycles. The zero-order valence-corrected chi connectivity index (χ0v) is 11.0. The molecule has 2 N–H and O–H groups in total. The lowest BCUT2D eigenvalue weighted by Crippen LogP contribution is -2.36. The standard InChI is InChI=1S/C15H16N2O3/c16-9-10-5-1-4-8-13(10)17-14(18)11-6-2-3-7-12(11)15(19)20/h1,4-5,8,11-12H,2-3,6-7H2,(H,17,18)(H,19,20). The van der Waals surface area contributed by atoms with Crippen molar-refractivity contribution in [3.63, 3.8) is 0 Å². The number of hydrogen-bond acceptors (Lipinski definition) is 3. The van der Waals surface area contributed by atoms with Gasteiger partial charge in [-0.3, -0.25) is 9.59 Å². The molecule has 104 valence electrons. The number of rotatable bonds is 3. The zero-order valence-electron chi connectivity index (χ0n) is 11.0. The Kier molecular flexibility index (Phi) is 4.36. The van der Waals surface area contributed by atoms with Crippen molar-refractivity contribution in [2.24, 2.45) is 11.8 Å². The van der Waals surface area contributed by atoms with Gasteiger partial charge in [0.25, 0.3) is 0 Å². The molecule has 0 bridgehead atoms. The molecule has 0 heterocycles. The van der Waals surface area contributed by atoms with E-state index in [0.29, 0.717) is 24.1 Å². The quantitative estimate of drug-likeness (QED) is 0.884. The SMILES string of the molecule is N#Cc1ccccc1NC(=O)C1CCCCC1C(=O)O. The van der Waals surface area contributed by atoms with Crippen molar-refractivity contribution in [2.45, 2.75) is 25.7 Å². The lowest BCUT2D eigenvalue weighted by Gasteiger charge is -2.27. The topological polar surface area (TPSA) is 90.2 Å². The van der Waals surface area contributed by atoms with Crippen molar-refractivity contribution < 1.29 is 14.7 Å². The second-order valence-corrected chi connectivity index (χ2v) is 4.98. The van der Waals surface area contributed by atoms with E-state index >= 15 is 0 Å². The van der Waals surface area contributed by atoms with Crippen molar-refractivity contribution in [3.05, 3.63) is 29.8 Å². The summed E-state index contributed by atoms with van der Waals surface area (Å²) in [6.45, 7) is 0. The molecule has 1 amide bonds. The van der Waals surface area contributed by atoms with Gasteiger partial charge in [0.2, 0.25) is 5.91 Å². The maximum Gasteiger partial charge on any atom is 0.307 e. The van der Waals surface area contributed by atoms with Crippen molar-refractivity contribution >= 4 is 17.6 Å². The van der Waals surface area contributed by atoms with Crippen LogP contribution in [-0.2, 0) is 9.59 Å². The van der Waals surface area contributed by atoms with Gasteiger partial charge >= 0.3 is 5.97 Å². The number of nitrogens with one attached hydrogen (secondary N) is 1. The minimum Gasteiger partial charge on any atom is -0.481 e. The van der Waals surface area contributed by atoms with Gasteiger partial charge < -0.3 is 10.4 Å². The van der Waals surface area contributed by atoms with E-state index in [2.05, 4.69) is 5.32 Å². The number of aliphatic carboxylic acids is 1. The molecule has 5 nitrogen and oxygen atoms in total. The molecular weight excluding hydrogens is 256 g/mol. The van der Waals surface area contributed by atoms with Crippen LogP contribution in [-0.4, -0.2) is 17.0 Å². The number of carboxylic acids is 1. The summed E-state index contributed by atoms with van der Waals surface area (Å²) in [4.78, 5) is 23.5. The lowest BCUT2D eigenvalue weighted by atomic mass is 9.78. The third-order valence-corrected chi connectivity index (χ3v) is 3.73. The third kappa shape index (κ3) is 2.97. The molecule has 2 unspecified atom stereocenters. The van der Waals surface area contributed by atoms with Crippen LogP contribution in [0.2, 0.25) is 0 Å². The Balaban J connectivity index is 2.14. The smallest absolute Gasteiger partial charge is 0.307 e. The van der Waals surface area contributed by atoms with E-state index in [0.717, 1.165) is 12.8 Å². The van der Waals surface area contributed by atoms with Gasteiger partial charge in [0.1, 0.15) is 6.07 Å². The Hall–Kier alpha value is -2.35. The largest absolute Gasteiger partial charge is 0.481 e. The Morgan fingerprint density at radius 2 is 1.85 bits per heavy atom. The fourth-order valence-corrected chi connectivity index (χ4v) is 2.66. The molecule has 0 saturated heterocycles. The predicted molar refractivity (Wildman–Crippen MR) is 72.9 cm³/mol. The molecule has 1 fully saturated rings. The number of carboxylic acid groups (broad SMARTS) is 1. The molecule has 20 heavy (non-hydrogen) atoms. The van der Waals surface area contributed by atoms with Gasteiger partial charge in [0.15, 0.2) is 0 Å². The molecule has 0 spiro atoms. The maximum atomic E-state index is 12.3. The molecule has 2 rings (SSSR count). The van der Waals surface area contributed by atoms with E-state index < -0.39 is 17.8 Å². The Morgan fingerprint density at radius 3 is 2.50 bits per heavy atom. The third-order valence-electron chi connectivity index (χ3n) is 3.73. The first-order valence-corrected chi connectivity index (χ1v) is 6.66. The fraction of sp³-hybridized carbons (Fsp3) is 0.400. The van der Waals surface area contributed by atoms with E-state index in [1.807, 2.05) is 6.07 Å². The molecular formula is C15H16N2O3. The first kappa shape index (κ1) is 14.1. The van der Waals surface area contributed by atoms with Crippen LogP contribution in [0.15, 0.2) is 24.3 Å². The summed E-state index contributed by atoms with van der Waals surface area (Å²) < 4.78 is 0. The van der Waals surface area contributed by atoms with Crippen LogP contribution in [0.4, 0.5) is 5.69 Å². The van der Waals surface area contributed by atoms with Gasteiger partial charge in [0.05, 0.1) is 23.1 Å². The van der Waals surface area contributed by atoms with Crippen molar-refractivity contribution in [1.29, 1.82) is 5.26 Å². The lowest BCUT2D eigenvalue weighted by molar-refractivity contribution is -0.147. The number of para-hydroxylation sites is 1. The Labute approximate surface area is 117 Å². The van der Waals surface area contributed by atoms with Crippen molar-refractivity contribution in [3.8, 4) is 6.07 Å². The van der Waals surface area contributed by atoms with Crippen LogP contribution in [0.5, 0.6) is 0 Å². The summed E-state index contributed by atoms with van der Waals surface area (Å²) in [6.07, 6.45) is 2.82. The molecule has 1 aliphatic rings. The number of nitriles is 1. The van der Waals surface area contributed by atoms with Gasteiger partial charge in [-0.25, -0.2) is 0 Å².